The third-order valence-electron chi connectivity index (χ3n) is 7.35. The predicted molar refractivity (Wildman–Crippen MR) is 139 cm³/mol. The topological polar surface area (TPSA) is 95.9 Å². The number of rotatable bonds is 6. The first kappa shape index (κ1) is 23.5. The number of aromatic nitrogens is 5. The van der Waals surface area contributed by atoms with Crippen molar-refractivity contribution >= 4 is 38.4 Å². The number of anilines is 1. The molecule has 0 N–H and O–H groups in total. The molecule has 3 atom stereocenters. The molecule has 0 saturated carbocycles. The van der Waals surface area contributed by atoms with Gasteiger partial charge in [-0.3, -0.25) is 14.4 Å². The van der Waals surface area contributed by atoms with Crippen LogP contribution in [0.25, 0.3) is 21.4 Å². The summed E-state index contributed by atoms with van der Waals surface area (Å²) in [7, 11) is 1.76. The fourth-order valence-corrected chi connectivity index (χ4v) is 5.94. The lowest BCUT2D eigenvalue weighted by molar-refractivity contribution is 0.101. The Kier molecular flexibility index (Phi) is 6.30. The van der Waals surface area contributed by atoms with Crippen LogP contribution in [0.1, 0.15) is 45.2 Å². The van der Waals surface area contributed by atoms with Crippen LogP contribution in [0.2, 0.25) is 0 Å². The van der Waals surface area contributed by atoms with Gasteiger partial charge >= 0.3 is 0 Å². The van der Waals surface area contributed by atoms with Crippen LogP contribution in [-0.2, 0) is 13.6 Å². The molecule has 1 saturated heterocycles. The largest absolute Gasteiger partial charge is 0.364 e. The highest BCUT2D eigenvalue weighted by Crippen LogP contribution is 2.35. The Morgan fingerprint density at radius 1 is 1.20 bits per heavy atom. The Morgan fingerprint density at radius 3 is 2.74 bits per heavy atom. The molecule has 4 aromatic heterocycles. The second kappa shape index (κ2) is 9.40. The van der Waals surface area contributed by atoms with Crippen molar-refractivity contribution in [2.24, 2.45) is 7.05 Å². The molecule has 1 aliphatic rings. The van der Waals surface area contributed by atoms with E-state index in [1.54, 1.807) is 39.9 Å². The number of nitrogens with zero attached hydrogens (tertiary/aromatic N) is 8. The molecule has 0 radical (unpaired) electrons. The quantitative estimate of drug-likeness (QED) is 0.407. The minimum absolute atomic E-state index is 0.0633. The molecule has 0 spiro atoms. The molecule has 5 rings (SSSR count). The van der Waals surface area contributed by atoms with Gasteiger partial charge in [0.25, 0.3) is 5.56 Å². The number of pyridine rings is 2. The first-order valence-electron chi connectivity index (χ1n) is 12.1. The Labute approximate surface area is 208 Å². The van der Waals surface area contributed by atoms with E-state index in [4.69, 9.17) is 10.4 Å². The molecule has 9 nitrogen and oxygen atoms in total. The van der Waals surface area contributed by atoms with Crippen molar-refractivity contribution in [2.75, 3.05) is 18.0 Å². The third kappa shape index (κ3) is 4.09. The van der Waals surface area contributed by atoms with Gasteiger partial charge in [0, 0.05) is 50.5 Å². The second-order valence-electron chi connectivity index (χ2n) is 9.24. The highest BCUT2D eigenvalue weighted by molar-refractivity contribution is 7.16. The fraction of sp³-hybridized carbons (Fsp3) is 0.480. The molecular weight excluding hydrogens is 460 g/mol. The number of nitriles is 1. The Hall–Kier alpha value is -3.29. The van der Waals surface area contributed by atoms with Gasteiger partial charge in [-0.15, -0.1) is 11.3 Å². The molecular formula is C25H30N8OS. The Balaban J connectivity index is 1.51. The van der Waals surface area contributed by atoms with E-state index in [-0.39, 0.29) is 24.2 Å². The molecule has 0 aromatic carbocycles. The molecule has 0 aliphatic carbocycles. The summed E-state index contributed by atoms with van der Waals surface area (Å²) in [6, 6.07) is 6.83. The van der Waals surface area contributed by atoms with Crippen LogP contribution in [0.15, 0.2) is 34.8 Å². The van der Waals surface area contributed by atoms with Crippen molar-refractivity contribution in [3.63, 3.8) is 0 Å². The molecule has 1 aliphatic heterocycles. The Morgan fingerprint density at radius 2 is 2.00 bits per heavy atom. The predicted octanol–water partition coefficient (Wildman–Crippen LogP) is 3.70. The molecule has 1 fully saturated rings. The van der Waals surface area contributed by atoms with Crippen LogP contribution in [0.4, 0.5) is 5.69 Å². The standard InChI is InChI=1S/C25H30N8OS/c1-5-18-13-33(20-10-23(34)30(4)21-14-31(8-7-26)29-24(20)21)19(6-2)12-32(18)16(3)17-9-22-25(27-11-17)28-15-35-22/h9-11,14-16,18-19H,5-6,8,12-13H2,1-4H3/t16-,18-,19+/m1/s1. The van der Waals surface area contributed by atoms with Crippen LogP contribution in [-0.4, -0.2) is 54.4 Å². The monoisotopic (exact) mass is 490 g/mol. The summed E-state index contributed by atoms with van der Waals surface area (Å²) in [6.07, 6.45) is 5.69. The summed E-state index contributed by atoms with van der Waals surface area (Å²) in [5, 5.41) is 13.8. The van der Waals surface area contributed by atoms with Gasteiger partial charge in [-0.2, -0.15) is 10.4 Å². The number of piperazine rings is 1. The minimum Gasteiger partial charge on any atom is -0.364 e. The summed E-state index contributed by atoms with van der Waals surface area (Å²) < 4.78 is 4.34. The minimum atomic E-state index is -0.0633. The molecule has 0 amide bonds. The highest BCUT2D eigenvalue weighted by Gasteiger charge is 2.36. The SMILES string of the molecule is CC[C@H]1CN([C@H](C)c2cnc3ncsc3c2)[C@H](CC)CN1c1cc(=O)n(C)c2cn(CC#N)nc12. The van der Waals surface area contributed by atoms with E-state index in [0.717, 1.165) is 53.0 Å². The lowest BCUT2D eigenvalue weighted by atomic mass is 9.97. The van der Waals surface area contributed by atoms with Gasteiger partial charge in [-0.05, 0) is 31.4 Å². The van der Waals surface area contributed by atoms with Crippen LogP contribution in [0.5, 0.6) is 0 Å². The normalized spacial score (nSPS) is 19.9. The van der Waals surface area contributed by atoms with E-state index < -0.39 is 0 Å². The van der Waals surface area contributed by atoms with Gasteiger partial charge < -0.3 is 9.47 Å². The van der Waals surface area contributed by atoms with E-state index in [1.165, 1.54) is 5.56 Å². The Bertz CT molecular complexity index is 1460. The fourth-order valence-electron chi connectivity index (χ4n) is 5.26. The van der Waals surface area contributed by atoms with Gasteiger partial charge in [0.05, 0.1) is 33.7 Å². The molecule has 35 heavy (non-hydrogen) atoms. The zero-order chi connectivity index (χ0) is 24.7. The number of aryl methyl sites for hydroxylation is 1. The van der Waals surface area contributed by atoms with Crippen molar-refractivity contribution in [3.05, 3.63) is 46.0 Å². The average molecular weight is 491 g/mol. The van der Waals surface area contributed by atoms with E-state index in [0.29, 0.717) is 6.04 Å². The number of hydrogen-bond acceptors (Lipinski definition) is 8. The smallest absolute Gasteiger partial charge is 0.252 e. The van der Waals surface area contributed by atoms with Crippen molar-refractivity contribution in [1.82, 2.24) is 29.2 Å². The maximum Gasteiger partial charge on any atom is 0.252 e. The van der Waals surface area contributed by atoms with Crippen LogP contribution < -0.4 is 10.5 Å². The van der Waals surface area contributed by atoms with Gasteiger partial charge in [-0.1, -0.05) is 13.8 Å². The zero-order valence-corrected chi connectivity index (χ0v) is 21.4. The first-order chi connectivity index (χ1) is 16.9. The molecule has 5 heterocycles. The maximum absolute atomic E-state index is 12.9. The summed E-state index contributed by atoms with van der Waals surface area (Å²) in [4.78, 5) is 26.7. The zero-order valence-electron chi connectivity index (χ0n) is 20.5. The van der Waals surface area contributed by atoms with Crippen LogP contribution in [0.3, 0.4) is 0 Å². The van der Waals surface area contributed by atoms with Crippen molar-refractivity contribution < 1.29 is 0 Å². The molecule has 182 valence electrons. The first-order valence-corrected chi connectivity index (χ1v) is 13.0. The summed E-state index contributed by atoms with van der Waals surface area (Å²) in [5.74, 6) is 0. The van der Waals surface area contributed by atoms with Crippen molar-refractivity contribution in [3.8, 4) is 6.07 Å². The van der Waals surface area contributed by atoms with E-state index in [9.17, 15) is 4.79 Å². The van der Waals surface area contributed by atoms with Gasteiger partial charge in [0.1, 0.15) is 12.1 Å². The summed E-state index contributed by atoms with van der Waals surface area (Å²) in [5.41, 5.74) is 6.18. The summed E-state index contributed by atoms with van der Waals surface area (Å²) >= 11 is 1.62. The number of hydrogen-bond donors (Lipinski definition) is 0. The van der Waals surface area contributed by atoms with E-state index in [2.05, 4.69) is 52.7 Å². The molecule has 0 bridgehead atoms. The van der Waals surface area contributed by atoms with E-state index in [1.807, 2.05) is 11.7 Å². The van der Waals surface area contributed by atoms with E-state index >= 15 is 0 Å². The molecule has 0 unspecified atom stereocenters. The van der Waals surface area contributed by atoms with Gasteiger partial charge in [0.15, 0.2) is 5.65 Å². The number of thiazole rings is 1. The molecule has 4 aromatic rings. The lowest BCUT2D eigenvalue weighted by Crippen LogP contribution is -2.58. The maximum atomic E-state index is 12.9. The number of fused-ring (bicyclic) bond motifs is 2. The van der Waals surface area contributed by atoms with Crippen molar-refractivity contribution in [2.45, 2.75) is 58.3 Å². The van der Waals surface area contributed by atoms with Crippen LogP contribution >= 0.6 is 11.3 Å². The van der Waals surface area contributed by atoms with Crippen molar-refractivity contribution in [1.29, 1.82) is 5.26 Å². The highest BCUT2D eigenvalue weighted by atomic mass is 32.1. The van der Waals surface area contributed by atoms with Gasteiger partial charge in [0.2, 0.25) is 0 Å². The lowest BCUT2D eigenvalue weighted by Gasteiger charge is -2.49. The molecule has 10 heteroatoms. The van der Waals surface area contributed by atoms with Gasteiger partial charge in [-0.25, -0.2) is 9.97 Å². The second-order valence-corrected chi connectivity index (χ2v) is 10.1. The summed E-state index contributed by atoms with van der Waals surface area (Å²) in [6.45, 7) is 8.52. The third-order valence-corrected chi connectivity index (χ3v) is 8.11. The average Bonchev–Trinajstić information content (AvgIpc) is 3.52. The van der Waals surface area contributed by atoms with Crippen LogP contribution in [0, 0.1) is 11.3 Å².